The van der Waals surface area contributed by atoms with E-state index >= 15 is 0 Å². The van der Waals surface area contributed by atoms with Crippen LogP contribution >= 0.6 is 11.3 Å². The summed E-state index contributed by atoms with van der Waals surface area (Å²) in [7, 11) is -2.77. The summed E-state index contributed by atoms with van der Waals surface area (Å²) in [6.45, 7) is -0.376. The molecule has 0 atom stereocenters. The molecule has 3 rings (SSSR count). The fraction of sp³-hybridized carbons (Fsp3) is 0.261. The Labute approximate surface area is 210 Å². The van der Waals surface area contributed by atoms with Crippen LogP contribution < -0.4 is 4.80 Å². The monoisotopic (exact) mass is 529 g/mol. The third-order valence-corrected chi connectivity index (χ3v) is 8.00. The van der Waals surface area contributed by atoms with Crippen LogP contribution in [0.1, 0.15) is 23.2 Å². The number of nitrogens with zero attached hydrogens (tertiary/aromatic N) is 5. The number of ether oxygens (including phenoxy) is 1. The number of carbonyl (C=O) groups is 2. The first-order chi connectivity index (χ1) is 17.2. The number of hydrogen-bond donors (Lipinski definition) is 0. The molecule has 0 bridgehead atoms. The van der Waals surface area contributed by atoms with Gasteiger partial charge in [0.05, 0.1) is 34.4 Å². The van der Waals surface area contributed by atoms with Gasteiger partial charge in [-0.15, -0.1) is 0 Å². The van der Waals surface area contributed by atoms with Crippen molar-refractivity contribution in [2.45, 2.75) is 24.3 Å². The summed E-state index contributed by atoms with van der Waals surface area (Å²) in [5.74, 6) is -1.77. The van der Waals surface area contributed by atoms with Crippen LogP contribution in [0.4, 0.5) is 4.39 Å². The number of fused-ring (bicyclic) bond motifs is 1. The third kappa shape index (κ3) is 6.01. The van der Waals surface area contributed by atoms with E-state index in [4.69, 9.17) is 15.3 Å². The second-order valence-electron chi connectivity index (χ2n) is 7.32. The first-order valence-corrected chi connectivity index (χ1v) is 12.8. The fourth-order valence-electron chi connectivity index (χ4n) is 3.25. The molecule has 13 heteroatoms. The molecule has 36 heavy (non-hydrogen) atoms. The van der Waals surface area contributed by atoms with E-state index in [9.17, 15) is 22.4 Å². The highest BCUT2D eigenvalue weighted by atomic mass is 32.2. The molecule has 0 aliphatic heterocycles. The SMILES string of the molecule is COC(=O)Cn1c(=NC(=O)c2ccc(S(=O)(=O)N(CCC#N)CCC#N)cc2)sc2cc(F)ccc21. The van der Waals surface area contributed by atoms with E-state index in [1.54, 1.807) is 0 Å². The molecule has 3 aromatic rings. The lowest BCUT2D eigenvalue weighted by Crippen LogP contribution is -2.32. The first kappa shape index (κ1) is 26.7. The minimum atomic E-state index is -3.99. The maximum atomic E-state index is 13.7. The van der Waals surface area contributed by atoms with Crippen molar-refractivity contribution in [1.82, 2.24) is 8.87 Å². The van der Waals surface area contributed by atoms with Gasteiger partial charge in [0.15, 0.2) is 4.80 Å². The Hall–Kier alpha value is -3.91. The van der Waals surface area contributed by atoms with Crippen molar-refractivity contribution < 1.29 is 27.1 Å². The normalized spacial score (nSPS) is 11.9. The second kappa shape index (κ2) is 11.7. The minimum Gasteiger partial charge on any atom is -0.468 e. The molecule has 186 valence electrons. The van der Waals surface area contributed by atoms with Crippen LogP contribution in [-0.4, -0.2) is 49.4 Å². The van der Waals surface area contributed by atoms with Crippen LogP contribution in [0.3, 0.4) is 0 Å². The van der Waals surface area contributed by atoms with Gasteiger partial charge in [0, 0.05) is 31.5 Å². The highest BCUT2D eigenvalue weighted by molar-refractivity contribution is 7.89. The number of benzene rings is 2. The molecule has 2 aromatic carbocycles. The maximum absolute atomic E-state index is 13.7. The molecular formula is C23H20FN5O5S2. The van der Waals surface area contributed by atoms with Gasteiger partial charge in [0.1, 0.15) is 12.4 Å². The summed E-state index contributed by atoms with van der Waals surface area (Å²) in [4.78, 5) is 28.8. The lowest BCUT2D eigenvalue weighted by Gasteiger charge is -2.20. The summed E-state index contributed by atoms with van der Waals surface area (Å²) in [5, 5.41) is 17.6. The number of halogens is 1. The van der Waals surface area contributed by atoms with Gasteiger partial charge in [-0.05, 0) is 42.5 Å². The second-order valence-corrected chi connectivity index (χ2v) is 10.3. The van der Waals surface area contributed by atoms with Gasteiger partial charge in [0.2, 0.25) is 10.0 Å². The Morgan fingerprint density at radius 2 is 1.75 bits per heavy atom. The van der Waals surface area contributed by atoms with Crippen molar-refractivity contribution in [3.05, 3.63) is 58.6 Å². The summed E-state index contributed by atoms with van der Waals surface area (Å²) >= 11 is 1.01. The standard InChI is InChI=1S/C23H20FN5O5S2/c1-34-21(30)15-29-19-9-6-17(24)14-20(19)35-23(29)27-22(31)16-4-7-18(8-5-16)36(32,33)28(12-2-10-25)13-3-11-26/h4-9,14H,2-3,12-13,15H2,1H3. The number of nitriles is 2. The van der Waals surface area contributed by atoms with Crippen molar-refractivity contribution in [3.8, 4) is 12.1 Å². The van der Waals surface area contributed by atoms with E-state index in [1.807, 2.05) is 12.1 Å². The fourth-order valence-corrected chi connectivity index (χ4v) is 5.74. The summed E-state index contributed by atoms with van der Waals surface area (Å²) in [6, 6.07) is 12.8. The van der Waals surface area contributed by atoms with Crippen LogP contribution in [0.25, 0.3) is 10.2 Å². The molecule has 1 heterocycles. The number of sulfonamides is 1. The number of aromatic nitrogens is 1. The first-order valence-electron chi connectivity index (χ1n) is 10.5. The van der Waals surface area contributed by atoms with Gasteiger partial charge in [0.25, 0.3) is 5.91 Å². The van der Waals surface area contributed by atoms with Gasteiger partial charge in [-0.3, -0.25) is 9.59 Å². The van der Waals surface area contributed by atoms with Gasteiger partial charge >= 0.3 is 5.97 Å². The van der Waals surface area contributed by atoms with Crippen LogP contribution in [0.5, 0.6) is 0 Å². The number of thiazole rings is 1. The highest BCUT2D eigenvalue weighted by Gasteiger charge is 2.24. The third-order valence-electron chi connectivity index (χ3n) is 5.04. The predicted molar refractivity (Wildman–Crippen MR) is 127 cm³/mol. The predicted octanol–water partition coefficient (Wildman–Crippen LogP) is 2.57. The van der Waals surface area contributed by atoms with Crippen molar-refractivity contribution in [2.75, 3.05) is 20.2 Å². The summed E-state index contributed by atoms with van der Waals surface area (Å²) in [6.07, 6.45) is -0.0739. The molecule has 10 nitrogen and oxygen atoms in total. The van der Waals surface area contributed by atoms with E-state index in [2.05, 4.69) is 4.99 Å². The quantitative estimate of drug-likeness (QED) is 0.387. The van der Waals surface area contributed by atoms with E-state index in [1.165, 1.54) is 54.1 Å². The molecule has 0 unspecified atom stereocenters. The number of rotatable bonds is 9. The van der Waals surface area contributed by atoms with Crippen LogP contribution in [0.15, 0.2) is 52.4 Å². The average molecular weight is 530 g/mol. The number of hydrogen-bond acceptors (Lipinski definition) is 8. The van der Waals surface area contributed by atoms with Crippen molar-refractivity contribution >= 4 is 43.5 Å². The van der Waals surface area contributed by atoms with Crippen LogP contribution in [0, 0.1) is 28.5 Å². The maximum Gasteiger partial charge on any atom is 0.325 e. The Morgan fingerprint density at radius 3 is 2.33 bits per heavy atom. The van der Waals surface area contributed by atoms with Crippen LogP contribution in [0.2, 0.25) is 0 Å². The summed E-state index contributed by atoms with van der Waals surface area (Å²) < 4.78 is 47.2. The number of carbonyl (C=O) groups excluding carboxylic acids is 2. The molecule has 0 spiro atoms. The van der Waals surface area contributed by atoms with Crippen molar-refractivity contribution in [2.24, 2.45) is 4.99 Å². The zero-order chi connectivity index (χ0) is 26.3. The molecule has 1 amide bonds. The highest BCUT2D eigenvalue weighted by Crippen LogP contribution is 2.20. The molecule has 0 aliphatic rings. The van der Waals surface area contributed by atoms with Crippen LogP contribution in [-0.2, 0) is 26.1 Å². The largest absolute Gasteiger partial charge is 0.468 e. The molecule has 0 fully saturated rings. The molecule has 0 aliphatic carbocycles. The Morgan fingerprint density at radius 1 is 1.11 bits per heavy atom. The van der Waals surface area contributed by atoms with E-state index in [0.29, 0.717) is 10.2 Å². The van der Waals surface area contributed by atoms with Gasteiger partial charge in [-0.1, -0.05) is 11.3 Å². The zero-order valence-electron chi connectivity index (χ0n) is 19.0. The molecule has 0 N–H and O–H groups in total. The Kier molecular flexibility index (Phi) is 8.66. The minimum absolute atomic E-state index is 0.0370. The number of methoxy groups -OCH3 is 1. The molecule has 0 saturated carbocycles. The summed E-state index contributed by atoms with van der Waals surface area (Å²) in [5.41, 5.74) is 0.581. The Balaban J connectivity index is 1.95. The lowest BCUT2D eigenvalue weighted by atomic mass is 10.2. The topological polar surface area (TPSA) is 146 Å². The average Bonchev–Trinajstić information content (AvgIpc) is 3.19. The van der Waals surface area contributed by atoms with Gasteiger partial charge < -0.3 is 9.30 Å². The van der Waals surface area contributed by atoms with E-state index < -0.39 is 27.7 Å². The zero-order valence-corrected chi connectivity index (χ0v) is 20.7. The van der Waals surface area contributed by atoms with Crippen molar-refractivity contribution in [3.63, 3.8) is 0 Å². The van der Waals surface area contributed by atoms with E-state index in [-0.39, 0.29) is 47.7 Å². The molecule has 0 radical (unpaired) electrons. The van der Waals surface area contributed by atoms with Gasteiger partial charge in [-0.25, -0.2) is 12.8 Å². The van der Waals surface area contributed by atoms with Gasteiger partial charge in [-0.2, -0.15) is 19.8 Å². The number of esters is 1. The molecule has 1 aromatic heterocycles. The number of amides is 1. The van der Waals surface area contributed by atoms with E-state index in [0.717, 1.165) is 15.6 Å². The smallest absolute Gasteiger partial charge is 0.325 e. The Bertz CT molecular complexity index is 1530. The molecular weight excluding hydrogens is 509 g/mol. The van der Waals surface area contributed by atoms with Crippen molar-refractivity contribution in [1.29, 1.82) is 10.5 Å². The lowest BCUT2D eigenvalue weighted by molar-refractivity contribution is -0.141. The molecule has 0 saturated heterocycles.